The zero-order valence-electron chi connectivity index (χ0n) is 15.6. The van der Waals surface area contributed by atoms with Crippen molar-refractivity contribution in [2.24, 2.45) is 10.7 Å². The number of hydrogen-bond acceptors (Lipinski definition) is 3. The molecule has 3 rings (SSSR count). The van der Waals surface area contributed by atoms with Crippen molar-refractivity contribution in [2.75, 3.05) is 13.7 Å². The highest BCUT2D eigenvalue weighted by Gasteiger charge is 2.03. The molecule has 2 aromatic carbocycles. The third-order valence-electron chi connectivity index (χ3n) is 4.15. The Morgan fingerprint density at radius 1 is 1.19 bits per heavy atom. The van der Waals surface area contributed by atoms with Gasteiger partial charge in [0.25, 0.3) is 0 Å². The van der Waals surface area contributed by atoms with Crippen LogP contribution in [0.1, 0.15) is 18.1 Å². The Hall–Kier alpha value is -2.13. The molecule has 0 radical (unpaired) electrons. The fraction of sp³-hybridized carbons (Fsp3) is 0.300. The summed E-state index contributed by atoms with van der Waals surface area (Å²) in [5, 5.41) is 3.10. The number of rotatable bonds is 7. The van der Waals surface area contributed by atoms with Gasteiger partial charge in [-0.1, -0.05) is 36.4 Å². The molecule has 0 aliphatic carbocycles. The van der Waals surface area contributed by atoms with Crippen LogP contribution in [0.25, 0.3) is 11.0 Å². The largest absolute Gasteiger partial charge is 0.383 e. The second-order valence-corrected chi connectivity index (χ2v) is 6.38. The summed E-state index contributed by atoms with van der Waals surface area (Å²) in [7, 11) is 1.67. The topological polar surface area (TPSA) is 77.5 Å². The van der Waals surface area contributed by atoms with Crippen LogP contribution in [0.15, 0.2) is 59.9 Å². The second kappa shape index (κ2) is 10.3. The first-order valence-corrected chi connectivity index (χ1v) is 8.69. The van der Waals surface area contributed by atoms with Crippen molar-refractivity contribution in [3.63, 3.8) is 0 Å². The van der Waals surface area contributed by atoms with E-state index in [1.165, 1.54) is 5.56 Å². The van der Waals surface area contributed by atoms with Crippen LogP contribution in [-0.4, -0.2) is 35.3 Å². The monoisotopic (exact) mass is 479 g/mol. The van der Waals surface area contributed by atoms with Crippen LogP contribution in [0.5, 0.6) is 0 Å². The second-order valence-electron chi connectivity index (χ2n) is 6.38. The van der Waals surface area contributed by atoms with Crippen LogP contribution in [0.2, 0.25) is 0 Å². The highest BCUT2D eigenvalue weighted by atomic mass is 127. The average molecular weight is 479 g/mol. The lowest BCUT2D eigenvalue weighted by Crippen LogP contribution is -2.40. The van der Waals surface area contributed by atoms with E-state index in [9.17, 15) is 0 Å². The van der Waals surface area contributed by atoms with Gasteiger partial charge in [-0.25, -0.2) is 9.98 Å². The molecule has 0 spiro atoms. The van der Waals surface area contributed by atoms with E-state index in [-0.39, 0.29) is 30.0 Å². The lowest BCUT2D eigenvalue weighted by Gasteiger charge is -2.13. The molecule has 1 heterocycles. The lowest BCUT2D eigenvalue weighted by atomic mass is 10.1. The van der Waals surface area contributed by atoms with Crippen molar-refractivity contribution < 1.29 is 4.74 Å². The summed E-state index contributed by atoms with van der Waals surface area (Å²) in [6, 6.07) is 16.7. The summed E-state index contributed by atoms with van der Waals surface area (Å²) in [6.07, 6.45) is 1.89. The SMILES string of the molecule is COCC(C)NC(N)=NCc1ccc(Cn2cnc3ccccc32)cc1.I. The van der Waals surface area contributed by atoms with Crippen LogP contribution in [0.3, 0.4) is 0 Å². The number of benzene rings is 2. The predicted molar refractivity (Wildman–Crippen MR) is 120 cm³/mol. The fourth-order valence-electron chi connectivity index (χ4n) is 2.85. The van der Waals surface area contributed by atoms with Gasteiger partial charge in [0.1, 0.15) is 0 Å². The maximum Gasteiger partial charge on any atom is 0.189 e. The maximum atomic E-state index is 5.90. The van der Waals surface area contributed by atoms with Gasteiger partial charge in [0.05, 0.1) is 30.5 Å². The van der Waals surface area contributed by atoms with Crippen LogP contribution >= 0.6 is 24.0 Å². The number of nitrogens with two attached hydrogens (primary N) is 1. The number of nitrogens with one attached hydrogen (secondary N) is 1. The average Bonchev–Trinajstić information content (AvgIpc) is 3.04. The number of nitrogens with zero attached hydrogens (tertiary/aromatic N) is 3. The predicted octanol–water partition coefficient (Wildman–Crippen LogP) is 3.14. The molecule has 0 saturated carbocycles. The van der Waals surface area contributed by atoms with Crippen molar-refractivity contribution in [1.82, 2.24) is 14.9 Å². The molecule has 0 amide bonds. The number of ether oxygens (including phenoxy) is 1. The van der Waals surface area contributed by atoms with Gasteiger partial charge in [0.15, 0.2) is 5.96 Å². The minimum absolute atomic E-state index is 0. The molecule has 144 valence electrons. The van der Waals surface area contributed by atoms with Crippen LogP contribution in [0.4, 0.5) is 0 Å². The van der Waals surface area contributed by atoms with E-state index in [4.69, 9.17) is 10.5 Å². The van der Waals surface area contributed by atoms with E-state index in [2.05, 4.69) is 50.2 Å². The standard InChI is InChI=1S/C20H25N5O.HI/c1-15(13-26-2)24-20(21)22-11-16-7-9-17(10-8-16)12-25-14-23-18-5-3-4-6-19(18)25;/h3-10,14-15H,11-13H2,1-2H3,(H3,21,22,24);1H. The van der Waals surface area contributed by atoms with E-state index < -0.39 is 0 Å². The van der Waals surface area contributed by atoms with Crippen LogP contribution in [0, 0.1) is 0 Å². The molecule has 3 aromatic rings. The van der Waals surface area contributed by atoms with Crippen LogP contribution < -0.4 is 11.1 Å². The molecule has 0 saturated heterocycles. The molecule has 1 aromatic heterocycles. The summed E-state index contributed by atoms with van der Waals surface area (Å²) >= 11 is 0. The molecule has 0 fully saturated rings. The van der Waals surface area contributed by atoms with E-state index in [0.717, 1.165) is 23.1 Å². The summed E-state index contributed by atoms with van der Waals surface area (Å²) in [6.45, 7) is 3.93. The van der Waals surface area contributed by atoms with Crippen molar-refractivity contribution in [1.29, 1.82) is 0 Å². The minimum atomic E-state index is 0. The van der Waals surface area contributed by atoms with Gasteiger partial charge in [-0.2, -0.15) is 0 Å². The smallest absolute Gasteiger partial charge is 0.189 e. The molecule has 0 bridgehead atoms. The highest BCUT2D eigenvalue weighted by Crippen LogP contribution is 2.14. The Balaban J connectivity index is 0.00000261. The zero-order chi connectivity index (χ0) is 18.4. The summed E-state index contributed by atoms with van der Waals surface area (Å²) in [5.41, 5.74) is 10.4. The van der Waals surface area contributed by atoms with E-state index in [1.807, 2.05) is 31.5 Å². The minimum Gasteiger partial charge on any atom is -0.383 e. The molecule has 7 heteroatoms. The zero-order valence-corrected chi connectivity index (χ0v) is 18.0. The van der Waals surface area contributed by atoms with E-state index >= 15 is 0 Å². The number of aliphatic imine (C=N–C) groups is 1. The molecule has 0 aliphatic heterocycles. The van der Waals surface area contributed by atoms with Crippen molar-refractivity contribution in [3.8, 4) is 0 Å². The number of hydrogen-bond donors (Lipinski definition) is 2. The van der Waals surface area contributed by atoms with Crippen molar-refractivity contribution >= 4 is 41.0 Å². The fourth-order valence-corrected chi connectivity index (χ4v) is 2.85. The Labute approximate surface area is 176 Å². The highest BCUT2D eigenvalue weighted by molar-refractivity contribution is 14.0. The number of aromatic nitrogens is 2. The Kier molecular flexibility index (Phi) is 8.05. The van der Waals surface area contributed by atoms with Gasteiger partial charge in [0.2, 0.25) is 0 Å². The third kappa shape index (κ3) is 5.93. The first-order valence-electron chi connectivity index (χ1n) is 8.69. The Morgan fingerprint density at radius 2 is 1.89 bits per heavy atom. The van der Waals surface area contributed by atoms with Gasteiger partial charge in [-0.05, 0) is 30.2 Å². The van der Waals surface area contributed by atoms with Crippen molar-refractivity contribution in [2.45, 2.75) is 26.1 Å². The molecule has 1 unspecified atom stereocenters. The third-order valence-corrected chi connectivity index (χ3v) is 4.15. The first-order chi connectivity index (χ1) is 12.7. The number of halogens is 1. The number of fused-ring (bicyclic) bond motifs is 1. The van der Waals surface area contributed by atoms with E-state index in [1.54, 1.807) is 7.11 Å². The number of para-hydroxylation sites is 2. The quantitative estimate of drug-likeness (QED) is 0.310. The van der Waals surface area contributed by atoms with Crippen molar-refractivity contribution in [3.05, 3.63) is 66.0 Å². The molecular formula is C20H26IN5O. The van der Waals surface area contributed by atoms with E-state index in [0.29, 0.717) is 19.1 Å². The summed E-state index contributed by atoms with van der Waals surface area (Å²) < 4.78 is 7.23. The van der Waals surface area contributed by atoms with Gasteiger partial charge < -0.3 is 20.4 Å². The van der Waals surface area contributed by atoms with Gasteiger partial charge in [-0.3, -0.25) is 0 Å². The molecule has 1 atom stereocenters. The molecule has 3 N–H and O–H groups in total. The van der Waals surface area contributed by atoms with Gasteiger partial charge >= 0.3 is 0 Å². The van der Waals surface area contributed by atoms with Crippen LogP contribution in [-0.2, 0) is 17.8 Å². The van der Waals surface area contributed by atoms with Gasteiger partial charge in [-0.15, -0.1) is 24.0 Å². The maximum absolute atomic E-state index is 5.90. The number of guanidine groups is 1. The number of imidazole rings is 1. The molecule has 6 nitrogen and oxygen atoms in total. The first kappa shape index (κ1) is 21.2. The summed E-state index contributed by atoms with van der Waals surface area (Å²) in [5.74, 6) is 0.434. The molecule has 0 aliphatic rings. The normalized spacial score (nSPS) is 12.6. The Morgan fingerprint density at radius 3 is 2.63 bits per heavy atom. The summed E-state index contributed by atoms with van der Waals surface area (Å²) in [4.78, 5) is 8.81. The molecule has 27 heavy (non-hydrogen) atoms. The Bertz CT molecular complexity index is 875. The lowest BCUT2D eigenvalue weighted by molar-refractivity contribution is 0.179. The molecular weight excluding hydrogens is 453 g/mol. The van der Waals surface area contributed by atoms with Gasteiger partial charge in [0, 0.05) is 19.7 Å². The number of methoxy groups -OCH3 is 1.